The van der Waals surface area contributed by atoms with Gasteiger partial charge in [0, 0.05) is 23.2 Å². The highest BCUT2D eigenvalue weighted by Crippen LogP contribution is 2.35. The van der Waals surface area contributed by atoms with Crippen molar-refractivity contribution in [3.05, 3.63) is 40.6 Å². The Morgan fingerprint density at radius 2 is 1.80 bits per heavy atom. The molecule has 5 amide bonds. The zero-order valence-corrected chi connectivity index (χ0v) is 17.0. The van der Waals surface area contributed by atoms with Crippen LogP contribution in [0.25, 0.3) is 0 Å². The van der Waals surface area contributed by atoms with E-state index in [0.717, 1.165) is 9.78 Å². The number of amides is 5. The van der Waals surface area contributed by atoms with Crippen molar-refractivity contribution in [1.82, 2.24) is 9.80 Å². The lowest BCUT2D eigenvalue weighted by Crippen LogP contribution is -2.43. The molecule has 0 spiro atoms. The first kappa shape index (κ1) is 19.9. The van der Waals surface area contributed by atoms with Gasteiger partial charge in [-0.05, 0) is 30.5 Å². The predicted molar refractivity (Wildman–Crippen MR) is 107 cm³/mol. The van der Waals surface area contributed by atoms with E-state index in [2.05, 4.69) is 0 Å². The fraction of sp³-hybridized carbons (Fsp3) is 0.300. The van der Waals surface area contributed by atoms with E-state index in [-0.39, 0.29) is 13.1 Å². The molecule has 1 fully saturated rings. The van der Waals surface area contributed by atoms with Crippen molar-refractivity contribution in [2.45, 2.75) is 13.5 Å². The number of carbonyl (C=O) groups is 4. The zero-order valence-electron chi connectivity index (χ0n) is 16.2. The van der Waals surface area contributed by atoms with E-state index in [1.54, 1.807) is 25.1 Å². The molecule has 0 unspecified atom stereocenters. The maximum absolute atomic E-state index is 13.2. The molecule has 4 rings (SSSR count). The van der Waals surface area contributed by atoms with Crippen molar-refractivity contribution in [2.24, 2.45) is 0 Å². The first-order chi connectivity index (χ1) is 14.5. The third-order valence-corrected chi connectivity index (χ3v) is 5.64. The number of benzene rings is 1. The van der Waals surface area contributed by atoms with Crippen molar-refractivity contribution in [1.29, 1.82) is 0 Å². The van der Waals surface area contributed by atoms with Gasteiger partial charge in [-0.1, -0.05) is 6.07 Å². The fourth-order valence-corrected chi connectivity index (χ4v) is 3.96. The molecule has 1 aromatic heterocycles. The van der Waals surface area contributed by atoms with Crippen LogP contribution < -0.4 is 14.4 Å². The topological polar surface area (TPSA) is 96.5 Å². The summed E-state index contributed by atoms with van der Waals surface area (Å²) in [6, 6.07) is 8.11. The molecule has 0 aliphatic carbocycles. The second-order valence-corrected chi connectivity index (χ2v) is 7.64. The minimum Gasteiger partial charge on any atom is -0.486 e. The minimum atomic E-state index is -0.992. The monoisotopic (exact) mass is 429 g/mol. The van der Waals surface area contributed by atoms with Crippen LogP contribution in [0.1, 0.15) is 11.8 Å². The van der Waals surface area contributed by atoms with Crippen molar-refractivity contribution in [3.63, 3.8) is 0 Å². The molecule has 2 aromatic rings. The van der Waals surface area contributed by atoms with Gasteiger partial charge in [0.15, 0.2) is 11.5 Å². The summed E-state index contributed by atoms with van der Waals surface area (Å²) in [6.07, 6.45) is 0. The Morgan fingerprint density at radius 3 is 2.47 bits per heavy atom. The summed E-state index contributed by atoms with van der Waals surface area (Å²) in [5.41, 5.74) is 0.537. The van der Waals surface area contributed by atoms with E-state index in [9.17, 15) is 19.2 Å². The van der Waals surface area contributed by atoms with Crippen LogP contribution in [0.5, 0.6) is 11.5 Å². The van der Waals surface area contributed by atoms with E-state index in [1.165, 1.54) is 16.2 Å². The van der Waals surface area contributed by atoms with Crippen molar-refractivity contribution < 1.29 is 28.7 Å². The number of hydrogen-bond acceptors (Lipinski definition) is 7. The molecule has 1 aromatic carbocycles. The van der Waals surface area contributed by atoms with Crippen LogP contribution >= 0.6 is 11.3 Å². The smallest absolute Gasteiger partial charge is 0.334 e. The quantitative estimate of drug-likeness (QED) is 0.514. The lowest BCUT2D eigenvalue weighted by molar-refractivity contribution is -0.143. The number of fused-ring (bicyclic) bond motifs is 1. The van der Waals surface area contributed by atoms with Crippen molar-refractivity contribution >= 4 is 40.8 Å². The van der Waals surface area contributed by atoms with Crippen LogP contribution in [0, 0.1) is 0 Å². The van der Waals surface area contributed by atoms with Gasteiger partial charge in [-0.3, -0.25) is 19.3 Å². The third-order valence-electron chi connectivity index (χ3n) is 4.78. The van der Waals surface area contributed by atoms with E-state index < -0.39 is 30.3 Å². The Kier molecular flexibility index (Phi) is 5.40. The van der Waals surface area contributed by atoms with Crippen LogP contribution in [-0.2, 0) is 20.9 Å². The first-order valence-electron chi connectivity index (χ1n) is 9.39. The molecule has 2 aliphatic rings. The number of anilines is 1. The largest absolute Gasteiger partial charge is 0.486 e. The van der Waals surface area contributed by atoms with E-state index >= 15 is 0 Å². The van der Waals surface area contributed by atoms with Gasteiger partial charge in [0.25, 0.3) is 0 Å². The summed E-state index contributed by atoms with van der Waals surface area (Å²) in [4.78, 5) is 53.6. The normalized spacial score (nSPS) is 15.7. The number of rotatable bonds is 6. The Bertz CT molecular complexity index is 1010. The van der Waals surface area contributed by atoms with Gasteiger partial charge in [0.05, 0.1) is 6.54 Å². The molecule has 0 atom stereocenters. The third kappa shape index (κ3) is 3.61. The molecular weight excluding hydrogens is 410 g/mol. The summed E-state index contributed by atoms with van der Waals surface area (Å²) in [7, 11) is 0. The maximum Gasteiger partial charge on any atom is 0.334 e. The number of nitrogens with zero attached hydrogens (tertiary/aromatic N) is 3. The number of likely N-dealkylation sites (N-methyl/N-ethyl adjacent to an activating group) is 1. The molecule has 10 heteroatoms. The summed E-state index contributed by atoms with van der Waals surface area (Å²) in [5.74, 6) is -1.30. The van der Waals surface area contributed by atoms with Gasteiger partial charge in [0.2, 0.25) is 5.91 Å². The van der Waals surface area contributed by atoms with Gasteiger partial charge in [-0.2, -0.15) is 0 Å². The molecule has 3 heterocycles. The van der Waals surface area contributed by atoms with Gasteiger partial charge in [0.1, 0.15) is 19.8 Å². The predicted octanol–water partition coefficient (Wildman–Crippen LogP) is 1.86. The molecule has 30 heavy (non-hydrogen) atoms. The van der Waals surface area contributed by atoms with E-state index in [4.69, 9.17) is 9.47 Å². The van der Waals surface area contributed by atoms with Gasteiger partial charge in [-0.15, -0.1) is 11.3 Å². The van der Waals surface area contributed by atoms with Gasteiger partial charge >= 0.3 is 17.8 Å². The molecule has 0 N–H and O–H groups in total. The number of ether oxygens (including phenoxy) is 2. The maximum atomic E-state index is 13.2. The molecule has 0 radical (unpaired) electrons. The van der Waals surface area contributed by atoms with Crippen LogP contribution in [0.4, 0.5) is 10.5 Å². The van der Waals surface area contributed by atoms with Crippen LogP contribution in [0.2, 0.25) is 0 Å². The van der Waals surface area contributed by atoms with Crippen LogP contribution in [0.3, 0.4) is 0 Å². The molecule has 1 saturated heterocycles. The Balaban J connectivity index is 1.61. The standard InChI is InChI=1S/C20H19N3O6S/c1-2-21-18(25)19(26)23(20(21)27)12-17(24)22(11-14-4-3-9-30-14)13-5-6-15-16(10-13)29-8-7-28-15/h3-6,9-10H,2,7-8,11-12H2,1H3. The van der Waals surface area contributed by atoms with Gasteiger partial charge in [-0.25, -0.2) is 9.69 Å². The highest BCUT2D eigenvalue weighted by atomic mass is 32.1. The highest BCUT2D eigenvalue weighted by molar-refractivity contribution is 7.09. The Labute approximate surface area is 176 Å². The molecule has 0 saturated carbocycles. The lowest BCUT2D eigenvalue weighted by Gasteiger charge is -2.26. The molecular formula is C20H19N3O6S. The summed E-state index contributed by atoms with van der Waals surface area (Å²) >= 11 is 1.48. The van der Waals surface area contributed by atoms with Crippen LogP contribution in [-0.4, -0.2) is 59.9 Å². The summed E-state index contributed by atoms with van der Waals surface area (Å²) < 4.78 is 11.1. The summed E-state index contributed by atoms with van der Waals surface area (Å²) in [5, 5.41) is 1.90. The van der Waals surface area contributed by atoms with Crippen molar-refractivity contribution in [3.8, 4) is 11.5 Å². The summed E-state index contributed by atoms with van der Waals surface area (Å²) in [6.45, 7) is 2.23. The molecule has 156 valence electrons. The Morgan fingerprint density at radius 1 is 1.07 bits per heavy atom. The number of hydrogen-bond donors (Lipinski definition) is 0. The van der Waals surface area contributed by atoms with E-state index in [0.29, 0.717) is 35.3 Å². The average Bonchev–Trinajstić information content (AvgIpc) is 3.34. The van der Waals surface area contributed by atoms with Crippen molar-refractivity contribution in [2.75, 3.05) is 31.2 Å². The molecule has 9 nitrogen and oxygen atoms in total. The first-order valence-corrected chi connectivity index (χ1v) is 10.3. The Hall–Kier alpha value is -3.40. The second-order valence-electron chi connectivity index (χ2n) is 6.61. The number of imide groups is 2. The van der Waals surface area contributed by atoms with Gasteiger partial charge < -0.3 is 14.4 Å². The zero-order chi connectivity index (χ0) is 21.3. The van der Waals surface area contributed by atoms with E-state index in [1.807, 2.05) is 17.5 Å². The molecule has 0 bridgehead atoms. The number of thiophene rings is 1. The SMILES string of the molecule is CCN1C(=O)C(=O)N(CC(=O)N(Cc2cccs2)c2ccc3c(c2)OCCO3)C1=O. The minimum absolute atomic E-state index is 0.0647. The fourth-order valence-electron chi connectivity index (χ4n) is 3.27. The average molecular weight is 429 g/mol. The van der Waals surface area contributed by atoms with Crippen LogP contribution in [0.15, 0.2) is 35.7 Å². The number of urea groups is 1. The second kappa shape index (κ2) is 8.15. The lowest BCUT2D eigenvalue weighted by atomic mass is 10.2. The molecule has 2 aliphatic heterocycles. The highest BCUT2D eigenvalue weighted by Gasteiger charge is 2.44. The number of carbonyl (C=O) groups excluding carboxylic acids is 4.